The number of hydrogen-bond donors (Lipinski definition) is 3. The lowest BCUT2D eigenvalue weighted by Crippen LogP contribution is -3.14. The van der Waals surface area contributed by atoms with E-state index in [1.165, 1.54) is 11.1 Å². The lowest BCUT2D eigenvalue weighted by molar-refractivity contribution is -0.881. The van der Waals surface area contributed by atoms with Crippen molar-refractivity contribution in [2.45, 2.75) is 59.4 Å². The molecule has 1 aromatic rings. The number of carbonyl (C=O) groups excluding carboxylic acids is 2. The van der Waals surface area contributed by atoms with Crippen molar-refractivity contribution in [1.29, 1.82) is 0 Å². The number of nitrogens with one attached hydrogen (secondary N) is 3. The summed E-state index contributed by atoms with van der Waals surface area (Å²) >= 11 is 0. The van der Waals surface area contributed by atoms with Crippen molar-refractivity contribution in [2.75, 3.05) is 26.2 Å². The first kappa shape index (κ1) is 22.2. The summed E-state index contributed by atoms with van der Waals surface area (Å²) in [6.07, 6.45) is 0.816. The Bertz CT molecular complexity index is 574. The molecule has 0 aliphatic heterocycles. The monoisotopic (exact) mass is 362 g/mol. The van der Waals surface area contributed by atoms with Gasteiger partial charge in [-0.2, -0.15) is 0 Å². The van der Waals surface area contributed by atoms with Crippen LogP contribution in [-0.4, -0.2) is 43.5 Å². The van der Waals surface area contributed by atoms with Gasteiger partial charge >= 0.3 is 0 Å². The van der Waals surface area contributed by atoms with Crippen molar-refractivity contribution >= 4 is 11.8 Å². The van der Waals surface area contributed by atoms with E-state index in [-0.39, 0.29) is 17.4 Å². The Hall–Kier alpha value is -1.88. The van der Waals surface area contributed by atoms with E-state index in [0.717, 1.165) is 17.9 Å². The molecule has 0 aliphatic rings. The molecule has 0 saturated heterocycles. The predicted octanol–water partition coefficient (Wildman–Crippen LogP) is 1.29. The zero-order valence-electron chi connectivity index (χ0n) is 17.2. The zero-order chi connectivity index (χ0) is 19.7. The van der Waals surface area contributed by atoms with Gasteiger partial charge < -0.3 is 15.5 Å². The number of amides is 2. The second kappa shape index (κ2) is 10.3. The number of likely N-dealkylation sites (N-methyl/N-ethyl adjacent to an activating group) is 1. The van der Waals surface area contributed by atoms with Crippen LogP contribution in [0.4, 0.5) is 0 Å². The summed E-state index contributed by atoms with van der Waals surface area (Å²) in [5, 5.41) is 5.91. The van der Waals surface area contributed by atoms with Crippen LogP contribution in [-0.2, 0) is 16.0 Å². The van der Waals surface area contributed by atoms with Crippen LogP contribution in [0.1, 0.15) is 58.6 Å². The van der Waals surface area contributed by atoms with E-state index in [1.54, 1.807) is 0 Å². The molecule has 26 heavy (non-hydrogen) atoms. The molecule has 0 saturated carbocycles. The number of rotatable bonds is 9. The van der Waals surface area contributed by atoms with Crippen LogP contribution in [0, 0.1) is 0 Å². The third kappa shape index (κ3) is 8.99. The van der Waals surface area contributed by atoms with Crippen LogP contribution in [0.15, 0.2) is 24.3 Å². The molecule has 0 aromatic heterocycles. The minimum atomic E-state index is -0.247. The Morgan fingerprint density at radius 1 is 1.04 bits per heavy atom. The second-order valence-electron chi connectivity index (χ2n) is 8.25. The third-order valence-electron chi connectivity index (χ3n) is 4.22. The first-order chi connectivity index (χ1) is 12.1. The number of carbonyl (C=O) groups is 2. The smallest absolute Gasteiger partial charge is 0.275 e. The fourth-order valence-electron chi connectivity index (χ4n) is 2.71. The van der Waals surface area contributed by atoms with Crippen LogP contribution < -0.4 is 15.5 Å². The molecule has 0 bridgehead atoms. The Balaban J connectivity index is 2.36. The van der Waals surface area contributed by atoms with E-state index < -0.39 is 0 Å². The molecule has 1 aromatic carbocycles. The van der Waals surface area contributed by atoms with Crippen LogP contribution in [0.2, 0.25) is 0 Å². The number of benzene rings is 1. The molecule has 5 nitrogen and oxygen atoms in total. The van der Waals surface area contributed by atoms with Gasteiger partial charge in [-0.3, -0.25) is 9.59 Å². The number of quaternary nitrogens is 1. The minimum Gasteiger partial charge on any atom is -0.351 e. The molecule has 0 heterocycles. The molecule has 1 unspecified atom stereocenters. The predicted molar refractivity (Wildman–Crippen MR) is 106 cm³/mol. The average Bonchev–Trinajstić information content (AvgIpc) is 2.52. The molecule has 1 atom stereocenters. The Labute approximate surface area is 158 Å². The molecule has 0 spiro atoms. The first-order valence-electron chi connectivity index (χ1n) is 9.60. The summed E-state index contributed by atoms with van der Waals surface area (Å²) in [4.78, 5) is 25.1. The van der Waals surface area contributed by atoms with E-state index in [4.69, 9.17) is 0 Å². The van der Waals surface area contributed by atoms with Crippen LogP contribution >= 0.6 is 0 Å². The standard InChI is InChI=1S/C21H35N3O2/c1-7-24(15-20(26)23-21(4,5)6)14-19(25)22-13-12-17-8-10-18(11-9-17)16(2)3/h8-11,16H,7,12-15H2,1-6H3,(H,22,25)(H,23,26)/p+1. The lowest BCUT2D eigenvalue weighted by Gasteiger charge is -2.23. The van der Waals surface area contributed by atoms with Crippen LogP contribution in [0.3, 0.4) is 0 Å². The summed E-state index contributed by atoms with van der Waals surface area (Å²) in [6, 6.07) is 8.56. The summed E-state index contributed by atoms with van der Waals surface area (Å²) in [5.41, 5.74) is 2.30. The zero-order valence-corrected chi connectivity index (χ0v) is 17.2. The van der Waals surface area contributed by atoms with E-state index >= 15 is 0 Å². The molecule has 0 aliphatic carbocycles. The van der Waals surface area contributed by atoms with Gasteiger partial charge in [0.2, 0.25) is 0 Å². The molecule has 0 fully saturated rings. The van der Waals surface area contributed by atoms with Gasteiger partial charge in [-0.1, -0.05) is 38.1 Å². The topological polar surface area (TPSA) is 62.6 Å². The van der Waals surface area contributed by atoms with Gasteiger partial charge in [0.25, 0.3) is 11.8 Å². The van der Waals surface area contributed by atoms with Crippen molar-refractivity contribution in [3.8, 4) is 0 Å². The third-order valence-corrected chi connectivity index (χ3v) is 4.22. The molecule has 3 N–H and O–H groups in total. The van der Waals surface area contributed by atoms with Gasteiger partial charge in [-0.25, -0.2) is 0 Å². The van der Waals surface area contributed by atoms with E-state index in [2.05, 4.69) is 48.7 Å². The maximum Gasteiger partial charge on any atom is 0.275 e. The van der Waals surface area contributed by atoms with Crippen molar-refractivity contribution in [1.82, 2.24) is 10.6 Å². The van der Waals surface area contributed by atoms with Gasteiger partial charge in [-0.15, -0.1) is 0 Å². The lowest BCUT2D eigenvalue weighted by atomic mass is 10.0. The Morgan fingerprint density at radius 3 is 2.12 bits per heavy atom. The highest BCUT2D eigenvalue weighted by Gasteiger charge is 2.20. The molecule has 146 valence electrons. The van der Waals surface area contributed by atoms with Crippen molar-refractivity contribution < 1.29 is 14.5 Å². The van der Waals surface area contributed by atoms with Gasteiger partial charge in [0.1, 0.15) is 0 Å². The van der Waals surface area contributed by atoms with Crippen molar-refractivity contribution in [3.63, 3.8) is 0 Å². The molecule has 1 rings (SSSR count). The fourth-order valence-corrected chi connectivity index (χ4v) is 2.71. The molecular formula is C21H36N3O2+. The quantitative estimate of drug-likeness (QED) is 0.620. The van der Waals surface area contributed by atoms with Crippen molar-refractivity contribution in [3.05, 3.63) is 35.4 Å². The van der Waals surface area contributed by atoms with E-state index in [0.29, 0.717) is 25.6 Å². The maximum atomic E-state index is 12.1. The minimum absolute atomic E-state index is 0.00999. The van der Waals surface area contributed by atoms with Gasteiger partial charge in [0, 0.05) is 12.1 Å². The summed E-state index contributed by atoms with van der Waals surface area (Å²) in [5.74, 6) is 0.499. The van der Waals surface area contributed by atoms with Gasteiger partial charge in [0.05, 0.1) is 6.54 Å². The van der Waals surface area contributed by atoms with Crippen LogP contribution in [0.5, 0.6) is 0 Å². The largest absolute Gasteiger partial charge is 0.351 e. The summed E-state index contributed by atoms with van der Waals surface area (Å²) in [7, 11) is 0. The molecular weight excluding hydrogens is 326 g/mol. The molecule has 0 radical (unpaired) electrons. The highest BCUT2D eigenvalue weighted by atomic mass is 16.2. The van der Waals surface area contributed by atoms with Gasteiger partial charge in [-0.05, 0) is 51.2 Å². The van der Waals surface area contributed by atoms with Crippen molar-refractivity contribution in [2.24, 2.45) is 0 Å². The molecule has 2 amide bonds. The fraction of sp³-hybridized carbons (Fsp3) is 0.619. The summed E-state index contributed by atoms with van der Waals surface area (Å²) in [6.45, 7) is 14.2. The Morgan fingerprint density at radius 2 is 1.62 bits per heavy atom. The highest BCUT2D eigenvalue weighted by molar-refractivity contribution is 5.79. The Kier molecular flexibility index (Phi) is 8.79. The second-order valence-corrected chi connectivity index (χ2v) is 8.25. The normalized spacial score (nSPS) is 12.7. The summed E-state index contributed by atoms with van der Waals surface area (Å²) < 4.78 is 0. The maximum absolute atomic E-state index is 12.1. The molecule has 5 heteroatoms. The van der Waals surface area contributed by atoms with E-state index in [9.17, 15) is 9.59 Å². The highest BCUT2D eigenvalue weighted by Crippen LogP contribution is 2.14. The SMILES string of the molecule is CC[NH+](CC(=O)NCCc1ccc(C(C)C)cc1)CC(=O)NC(C)(C)C. The van der Waals surface area contributed by atoms with E-state index in [1.807, 2.05) is 27.7 Å². The van der Waals surface area contributed by atoms with Gasteiger partial charge in [0.15, 0.2) is 13.1 Å². The number of hydrogen-bond acceptors (Lipinski definition) is 2. The first-order valence-corrected chi connectivity index (χ1v) is 9.60. The average molecular weight is 363 g/mol. The van der Waals surface area contributed by atoms with Crippen LogP contribution in [0.25, 0.3) is 0 Å².